The van der Waals surface area contributed by atoms with Crippen LogP contribution in [-0.4, -0.2) is 12.6 Å². The van der Waals surface area contributed by atoms with Crippen molar-refractivity contribution in [2.75, 3.05) is 6.61 Å². The molecule has 2 nitrogen and oxygen atoms in total. The Bertz CT molecular complexity index is 376. The van der Waals surface area contributed by atoms with Crippen molar-refractivity contribution < 1.29 is 9.13 Å². The van der Waals surface area contributed by atoms with Gasteiger partial charge in [0.2, 0.25) is 0 Å². The van der Waals surface area contributed by atoms with Gasteiger partial charge in [-0.3, -0.25) is 0 Å². The quantitative estimate of drug-likeness (QED) is 0.825. The predicted molar refractivity (Wildman–Crippen MR) is 66.6 cm³/mol. The number of benzene rings is 1. The third-order valence-electron chi connectivity index (χ3n) is 3.20. The lowest BCUT2D eigenvalue weighted by atomic mass is 10.0. The van der Waals surface area contributed by atoms with Gasteiger partial charge in [-0.05, 0) is 55.4 Å². The van der Waals surface area contributed by atoms with Crippen molar-refractivity contribution in [1.29, 1.82) is 0 Å². The number of rotatable bonds is 6. The first-order valence-corrected chi connectivity index (χ1v) is 6.36. The first kappa shape index (κ1) is 12.4. The summed E-state index contributed by atoms with van der Waals surface area (Å²) in [6, 6.07) is 4.77. The number of nitrogens with two attached hydrogens (primary N) is 1. The fourth-order valence-electron chi connectivity index (χ4n) is 1.77. The van der Waals surface area contributed by atoms with Gasteiger partial charge in [0.1, 0.15) is 11.6 Å². The summed E-state index contributed by atoms with van der Waals surface area (Å²) in [5, 5.41) is 0. The minimum atomic E-state index is -0.220. The SMILES string of the molecule is CCC(N)Cc1cc(F)ccc1OCC1CC1. The maximum absolute atomic E-state index is 13.2. The van der Waals surface area contributed by atoms with Gasteiger partial charge in [-0.25, -0.2) is 4.39 Å². The van der Waals surface area contributed by atoms with Crippen molar-refractivity contribution >= 4 is 0 Å². The molecule has 0 aliphatic heterocycles. The van der Waals surface area contributed by atoms with Gasteiger partial charge in [0.25, 0.3) is 0 Å². The zero-order chi connectivity index (χ0) is 12.3. The normalized spacial score (nSPS) is 16.9. The van der Waals surface area contributed by atoms with E-state index in [-0.39, 0.29) is 11.9 Å². The average molecular weight is 237 g/mol. The summed E-state index contributed by atoms with van der Waals surface area (Å²) < 4.78 is 19.0. The lowest BCUT2D eigenvalue weighted by Crippen LogP contribution is -2.22. The van der Waals surface area contributed by atoms with Crippen LogP contribution in [0, 0.1) is 11.7 Å². The molecular weight excluding hydrogens is 217 g/mol. The standard InChI is InChI=1S/C14H20FNO/c1-2-13(16)8-11-7-12(15)5-6-14(11)17-9-10-3-4-10/h5-7,10,13H,2-4,8-9,16H2,1H3. The van der Waals surface area contributed by atoms with Gasteiger partial charge in [0.05, 0.1) is 6.61 Å². The van der Waals surface area contributed by atoms with Crippen molar-refractivity contribution in [2.45, 2.75) is 38.6 Å². The summed E-state index contributed by atoms with van der Waals surface area (Å²) in [4.78, 5) is 0. The van der Waals surface area contributed by atoms with Crippen LogP contribution in [0.4, 0.5) is 4.39 Å². The largest absolute Gasteiger partial charge is 0.493 e. The lowest BCUT2D eigenvalue weighted by molar-refractivity contribution is 0.295. The molecule has 1 fully saturated rings. The average Bonchev–Trinajstić information content (AvgIpc) is 3.12. The van der Waals surface area contributed by atoms with E-state index in [0.29, 0.717) is 12.3 Å². The van der Waals surface area contributed by atoms with E-state index in [2.05, 4.69) is 0 Å². The highest BCUT2D eigenvalue weighted by Gasteiger charge is 2.22. The molecule has 1 saturated carbocycles. The van der Waals surface area contributed by atoms with Crippen molar-refractivity contribution in [1.82, 2.24) is 0 Å². The van der Waals surface area contributed by atoms with Gasteiger partial charge < -0.3 is 10.5 Å². The summed E-state index contributed by atoms with van der Waals surface area (Å²) in [6.45, 7) is 2.79. The van der Waals surface area contributed by atoms with Gasteiger partial charge in [0.15, 0.2) is 0 Å². The summed E-state index contributed by atoms with van der Waals surface area (Å²) in [6.07, 6.45) is 4.07. The van der Waals surface area contributed by atoms with Crippen LogP contribution in [0.2, 0.25) is 0 Å². The topological polar surface area (TPSA) is 35.2 Å². The third kappa shape index (κ3) is 3.70. The Morgan fingerprint density at radius 1 is 1.47 bits per heavy atom. The maximum atomic E-state index is 13.2. The molecule has 0 heterocycles. The Labute approximate surface area is 102 Å². The van der Waals surface area contributed by atoms with Crippen LogP contribution in [0.15, 0.2) is 18.2 Å². The lowest BCUT2D eigenvalue weighted by Gasteiger charge is -2.14. The van der Waals surface area contributed by atoms with E-state index in [9.17, 15) is 4.39 Å². The second-order valence-corrected chi connectivity index (χ2v) is 4.88. The zero-order valence-electron chi connectivity index (χ0n) is 10.3. The second kappa shape index (κ2) is 5.50. The first-order valence-electron chi connectivity index (χ1n) is 6.36. The number of hydrogen-bond donors (Lipinski definition) is 1. The molecule has 2 rings (SSSR count). The van der Waals surface area contributed by atoms with E-state index in [1.165, 1.54) is 25.0 Å². The molecule has 0 aromatic heterocycles. The number of halogens is 1. The van der Waals surface area contributed by atoms with E-state index in [1.54, 1.807) is 6.07 Å². The van der Waals surface area contributed by atoms with Gasteiger partial charge in [-0.15, -0.1) is 0 Å². The molecular formula is C14H20FNO. The highest BCUT2D eigenvalue weighted by Crippen LogP contribution is 2.30. The Kier molecular flexibility index (Phi) is 4.00. The monoisotopic (exact) mass is 237 g/mol. The van der Waals surface area contributed by atoms with Crippen LogP contribution in [0.3, 0.4) is 0 Å². The van der Waals surface area contributed by atoms with Crippen LogP contribution in [0.25, 0.3) is 0 Å². The highest BCUT2D eigenvalue weighted by molar-refractivity contribution is 5.34. The van der Waals surface area contributed by atoms with E-state index in [1.807, 2.05) is 6.92 Å². The van der Waals surface area contributed by atoms with Gasteiger partial charge in [-0.2, -0.15) is 0 Å². The first-order chi connectivity index (χ1) is 8.19. The fourth-order valence-corrected chi connectivity index (χ4v) is 1.77. The van der Waals surface area contributed by atoms with E-state index < -0.39 is 0 Å². The Hall–Kier alpha value is -1.09. The molecule has 1 aliphatic carbocycles. The Balaban J connectivity index is 2.05. The molecule has 2 N–H and O–H groups in total. The van der Waals surface area contributed by atoms with Gasteiger partial charge in [-0.1, -0.05) is 6.92 Å². The van der Waals surface area contributed by atoms with Crippen molar-refractivity contribution in [3.8, 4) is 5.75 Å². The van der Waals surface area contributed by atoms with Crippen LogP contribution in [-0.2, 0) is 6.42 Å². The molecule has 0 amide bonds. The van der Waals surface area contributed by atoms with Crippen LogP contribution < -0.4 is 10.5 Å². The van der Waals surface area contributed by atoms with E-state index in [0.717, 1.165) is 24.3 Å². The summed E-state index contributed by atoms with van der Waals surface area (Å²) in [7, 11) is 0. The molecule has 0 radical (unpaired) electrons. The van der Waals surface area contributed by atoms with Crippen LogP contribution in [0.1, 0.15) is 31.7 Å². The molecule has 1 aliphatic rings. The maximum Gasteiger partial charge on any atom is 0.123 e. The number of hydrogen-bond acceptors (Lipinski definition) is 2. The summed E-state index contributed by atoms with van der Waals surface area (Å²) in [5.41, 5.74) is 6.80. The summed E-state index contributed by atoms with van der Waals surface area (Å²) >= 11 is 0. The minimum Gasteiger partial charge on any atom is -0.493 e. The molecule has 3 heteroatoms. The van der Waals surface area contributed by atoms with Crippen molar-refractivity contribution in [2.24, 2.45) is 11.7 Å². The molecule has 1 atom stereocenters. The van der Waals surface area contributed by atoms with E-state index >= 15 is 0 Å². The Morgan fingerprint density at radius 3 is 2.88 bits per heavy atom. The molecule has 94 valence electrons. The van der Waals surface area contributed by atoms with Gasteiger partial charge in [0, 0.05) is 6.04 Å². The molecule has 1 aromatic rings. The molecule has 0 saturated heterocycles. The van der Waals surface area contributed by atoms with Crippen LogP contribution >= 0.6 is 0 Å². The minimum absolute atomic E-state index is 0.0695. The Morgan fingerprint density at radius 2 is 2.24 bits per heavy atom. The highest BCUT2D eigenvalue weighted by atomic mass is 19.1. The fraction of sp³-hybridized carbons (Fsp3) is 0.571. The predicted octanol–water partition coefficient (Wildman–Crippen LogP) is 2.89. The molecule has 0 bridgehead atoms. The zero-order valence-corrected chi connectivity index (χ0v) is 10.3. The third-order valence-corrected chi connectivity index (χ3v) is 3.20. The van der Waals surface area contributed by atoms with Gasteiger partial charge >= 0.3 is 0 Å². The molecule has 17 heavy (non-hydrogen) atoms. The van der Waals surface area contributed by atoms with E-state index in [4.69, 9.17) is 10.5 Å². The van der Waals surface area contributed by atoms with Crippen molar-refractivity contribution in [3.05, 3.63) is 29.6 Å². The molecule has 1 unspecified atom stereocenters. The molecule has 0 spiro atoms. The molecule has 1 aromatic carbocycles. The van der Waals surface area contributed by atoms with Crippen molar-refractivity contribution in [3.63, 3.8) is 0 Å². The number of ether oxygens (including phenoxy) is 1. The second-order valence-electron chi connectivity index (χ2n) is 4.88. The smallest absolute Gasteiger partial charge is 0.123 e. The van der Waals surface area contributed by atoms with Crippen LogP contribution in [0.5, 0.6) is 5.75 Å². The summed E-state index contributed by atoms with van der Waals surface area (Å²) in [5.74, 6) is 1.28.